The predicted octanol–water partition coefficient (Wildman–Crippen LogP) is 3.46. The Morgan fingerprint density at radius 1 is 0.972 bits per heavy atom. The van der Waals surface area contributed by atoms with E-state index in [1.165, 1.54) is 0 Å². The topological polar surface area (TPSA) is 93.9 Å². The first kappa shape index (κ1) is 23.6. The summed E-state index contributed by atoms with van der Waals surface area (Å²) in [5, 5.41) is 15.8. The Bertz CT molecular complexity index is 1300. The number of ether oxygens (including phenoxy) is 2. The Hall–Kier alpha value is -4.14. The van der Waals surface area contributed by atoms with Crippen molar-refractivity contribution in [1.82, 2.24) is 25.1 Å². The highest BCUT2D eigenvalue weighted by Crippen LogP contribution is 2.26. The van der Waals surface area contributed by atoms with Gasteiger partial charge in [0.15, 0.2) is 5.65 Å². The van der Waals surface area contributed by atoms with Crippen LogP contribution in [-0.2, 0) is 11.2 Å². The number of anilines is 1. The van der Waals surface area contributed by atoms with Crippen LogP contribution >= 0.6 is 0 Å². The fourth-order valence-electron chi connectivity index (χ4n) is 4.63. The minimum atomic E-state index is -0.146. The van der Waals surface area contributed by atoms with Crippen molar-refractivity contribution in [1.29, 1.82) is 0 Å². The molecule has 1 aliphatic rings. The number of piperidine rings is 1. The van der Waals surface area contributed by atoms with Crippen LogP contribution in [0.2, 0.25) is 0 Å². The molecule has 0 spiro atoms. The van der Waals surface area contributed by atoms with Gasteiger partial charge in [-0.2, -0.15) is 4.52 Å². The number of fused-ring (bicyclic) bond motifs is 1. The van der Waals surface area contributed by atoms with Crippen LogP contribution in [-0.4, -0.2) is 53.0 Å². The first-order valence-corrected chi connectivity index (χ1v) is 12.1. The summed E-state index contributed by atoms with van der Waals surface area (Å²) < 4.78 is 12.3. The number of carbonyl (C=O) groups excluding carboxylic acids is 1. The van der Waals surface area contributed by atoms with Crippen molar-refractivity contribution in [3.63, 3.8) is 0 Å². The summed E-state index contributed by atoms with van der Waals surface area (Å²) in [6, 6.07) is 19.6. The highest BCUT2D eigenvalue weighted by atomic mass is 16.5. The molecule has 0 saturated carbocycles. The zero-order chi connectivity index (χ0) is 24.9. The second-order valence-electron chi connectivity index (χ2n) is 8.97. The number of amides is 1. The lowest BCUT2D eigenvalue weighted by atomic mass is 9.93. The predicted molar refractivity (Wildman–Crippen MR) is 136 cm³/mol. The lowest BCUT2D eigenvalue weighted by Crippen LogP contribution is -2.42. The van der Waals surface area contributed by atoms with E-state index in [1.807, 2.05) is 60.7 Å². The molecule has 1 aliphatic heterocycles. The summed E-state index contributed by atoms with van der Waals surface area (Å²) in [4.78, 5) is 15.6. The third-order valence-corrected chi connectivity index (χ3v) is 6.77. The van der Waals surface area contributed by atoms with E-state index < -0.39 is 0 Å². The van der Waals surface area contributed by atoms with Gasteiger partial charge in [-0.15, -0.1) is 15.3 Å². The van der Waals surface area contributed by atoms with Gasteiger partial charge >= 0.3 is 0 Å². The minimum Gasteiger partial charge on any atom is -0.497 e. The molecule has 1 atom stereocenters. The lowest BCUT2D eigenvalue weighted by molar-refractivity contribution is -0.126. The van der Waals surface area contributed by atoms with Gasteiger partial charge in [0.05, 0.1) is 20.3 Å². The van der Waals surface area contributed by atoms with E-state index in [1.54, 1.807) is 25.1 Å². The van der Waals surface area contributed by atoms with E-state index in [0.717, 1.165) is 60.0 Å². The van der Waals surface area contributed by atoms with E-state index in [4.69, 9.17) is 9.47 Å². The molecule has 1 N–H and O–H groups in total. The Morgan fingerprint density at radius 2 is 1.64 bits per heavy atom. The Morgan fingerprint density at radius 3 is 2.31 bits per heavy atom. The molecule has 2 aromatic heterocycles. The van der Waals surface area contributed by atoms with E-state index in [2.05, 4.69) is 25.5 Å². The molecule has 36 heavy (non-hydrogen) atoms. The van der Waals surface area contributed by atoms with Crippen molar-refractivity contribution < 1.29 is 14.3 Å². The van der Waals surface area contributed by atoms with Gasteiger partial charge in [-0.3, -0.25) is 4.79 Å². The average Bonchev–Trinajstić information content (AvgIpc) is 3.41. The number of nitrogens with zero attached hydrogens (tertiary/aromatic N) is 5. The molecule has 9 heteroatoms. The van der Waals surface area contributed by atoms with Crippen LogP contribution in [0, 0.1) is 5.92 Å². The van der Waals surface area contributed by atoms with Crippen LogP contribution in [0.1, 0.15) is 30.0 Å². The number of hydrogen-bond donors (Lipinski definition) is 1. The van der Waals surface area contributed by atoms with Gasteiger partial charge in [0, 0.05) is 19.0 Å². The van der Waals surface area contributed by atoms with Gasteiger partial charge in [-0.25, -0.2) is 0 Å². The number of nitrogens with one attached hydrogen (secondary N) is 1. The molecule has 2 aromatic carbocycles. The zero-order valence-electron chi connectivity index (χ0n) is 20.5. The van der Waals surface area contributed by atoms with E-state index in [9.17, 15) is 4.79 Å². The van der Waals surface area contributed by atoms with Crippen molar-refractivity contribution >= 4 is 17.4 Å². The fraction of sp³-hybridized carbons (Fsp3) is 0.333. The van der Waals surface area contributed by atoms with E-state index >= 15 is 0 Å². The molecule has 9 nitrogen and oxygen atoms in total. The molecule has 1 fully saturated rings. The fourth-order valence-corrected chi connectivity index (χ4v) is 4.63. The highest BCUT2D eigenvalue weighted by molar-refractivity contribution is 5.79. The van der Waals surface area contributed by atoms with Crippen LogP contribution < -0.4 is 19.7 Å². The average molecular weight is 487 g/mol. The molecule has 186 valence electrons. The molecule has 1 amide bonds. The molecule has 0 radical (unpaired) electrons. The van der Waals surface area contributed by atoms with Crippen LogP contribution in [0.4, 0.5) is 5.82 Å². The summed E-state index contributed by atoms with van der Waals surface area (Å²) >= 11 is 0. The third-order valence-electron chi connectivity index (χ3n) is 6.77. The summed E-state index contributed by atoms with van der Waals surface area (Å²) in [6.45, 7) is 1.54. The maximum atomic E-state index is 13.4. The maximum absolute atomic E-state index is 13.4. The van der Waals surface area contributed by atoms with Crippen molar-refractivity contribution in [2.75, 3.05) is 32.2 Å². The lowest BCUT2D eigenvalue weighted by Gasteiger charge is -2.33. The summed E-state index contributed by atoms with van der Waals surface area (Å²) in [6.07, 6.45) is 3.82. The summed E-state index contributed by atoms with van der Waals surface area (Å²) in [7, 11) is 3.31. The Balaban J connectivity index is 1.26. The number of aromatic nitrogens is 4. The van der Waals surface area contributed by atoms with Crippen LogP contribution in [0.5, 0.6) is 11.5 Å². The van der Waals surface area contributed by atoms with Gasteiger partial charge in [-0.05, 0) is 66.8 Å². The molecule has 5 rings (SSSR count). The Kier molecular flexibility index (Phi) is 6.97. The normalized spacial score (nSPS) is 15.0. The number of hydrogen-bond acceptors (Lipinski definition) is 7. The van der Waals surface area contributed by atoms with Crippen molar-refractivity contribution in [2.24, 2.45) is 5.92 Å². The van der Waals surface area contributed by atoms with Crippen LogP contribution in [0.15, 0.2) is 67.0 Å². The minimum absolute atomic E-state index is 0.0449. The molecule has 1 unspecified atom stereocenters. The summed E-state index contributed by atoms with van der Waals surface area (Å²) in [5.74, 6) is 2.52. The van der Waals surface area contributed by atoms with Gasteiger partial charge in [-0.1, -0.05) is 24.3 Å². The largest absolute Gasteiger partial charge is 0.497 e. The SMILES string of the molecule is COc1ccc(CC(NC(=O)C2CCN(c3ccc4nncn4n3)CC2)c2ccc(OC)cc2)cc1. The van der Waals surface area contributed by atoms with Crippen molar-refractivity contribution in [2.45, 2.75) is 25.3 Å². The van der Waals surface area contributed by atoms with Crippen molar-refractivity contribution in [3.05, 3.63) is 78.1 Å². The highest BCUT2D eigenvalue weighted by Gasteiger charge is 2.28. The first-order chi connectivity index (χ1) is 17.6. The number of rotatable bonds is 8. The summed E-state index contributed by atoms with van der Waals surface area (Å²) in [5.41, 5.74) is 2.89. The molecular formula is C27H30N6O3. The monoisotopic (exact) mass is 486 g/mol. The molecule has 0 bridgehead atoms. The number of benzene rings is 2. The molecular weight excluding hydrogens is 456 g/mol. The number of methoxy groups -OCH3 is 2. The Labute approximate surface area is 210 Å². The first-order valence-electron chi connectivity index (χ1n) is 12.1. The quantitative estimate of drug-likeness (QED) is 0.408. The molecule has 1 saturated heterocycles. The van der Waals surface area contributed by atoms with Gasteiger partial charge < -0.3 is 19.7 Å². The molecule has 3 heterocycles. The standard InChI is InChI=1S/C27H30N6O3/c1-35-22-7-3-19(4-8-22)17-24(20-5-9-23(36-2)10-6-20)29-27(34)21-13-15-32(16-14-21)26-12-11-25-30-28-18-33(25)31-26/h3-12,18,21,24H,13-17H2,1-2H3,(H,29,34). The van der Waals surface area contributed by atoms with Crippen LogP contribution in [0.25, 0.3) is 5.65 Å². The smallest absolute Gasteiger partial charge is 0.223 e. The van der Waals surface area contributed by atoms with Crippen molar-refractivity contribution in [3.8, 4) is 11.5 Å². The maximum Gasteiger partial charge on any atom is 0.223 e. The zero-order valence-corrected chi connectivity index (χ0v) is 20.5. The molecule has 4 aromatic rings. The molecule has 0 aliphatic carbocycles. The van der Waals surface area contributed by atoms with Crippen LogP contribution in [0.3, 0.4) is 0 Å². The second kappa shape index (κ2) is 10.6. The van der Waals surface area contributed by atoms with Gasteiger partial charge in [0.1, 0.15) is 23.6 Å². The number of carbonyl (C=O) groups is 1. The second-order valence-corrected chi connectivity index (χ2v) is 8.97. The van der Waals surface area contributed by atoms with Gasteiger partial charge in [0.25, 0.3) is 0 Å². The third kappa shape index (κ3) is 5.25. The van der Waals surface area contributed by atoms with Gasteiger partial charge in [0.2, 0.25) is 5.91 Å². The van der Waals surface area contributed by atoms with E-state index in [0.29, 0.717) is 6.42 Å². The van der Waals surface area contributed by atoms with E-state index in [-0.39, 0.29) is 17.9 Å².